The summed E-state index contributed by atoms with van der Waals surface area (Å²) in [4.78, 5) is 12.2. The first-order chi connectivity index (χ1) is 10.3. The van der Waals surface area contributed by atoms with Gasteiger partial charge in [0.2, 0.25) is 0 Å². The molecule has 0 radical (unpaired) electrons. The monoisotopic (exact) mass is 302 g/mol. The van der Waals surface area contributed by atoms with Crippen LogP contribution in [-0.4, -0.2) is 18.8 Å². The van der Waals surface area contributed by atoms with Gasteiger partial charge >= 0.3 is 0 Å². The Labute approximate surface area is 130 Å². The van der Waals surface area contributed by atoms with Crippen molar-refractivity contribution in [3.8, 4) is 17.2 Å². The van der Waals surface area contributed by atoms with Crippen molar-refractivity contribution in [2.45, 2.75) is 26.3 Å². The van der Waals surface area contributed by atoms with Crippen LogP contribution in [-0.2, 0) is 5.54 Å². The van der Waals surface area contributed by atoms with Crippen LogP contribution < -0.4 is 20.6 Å². The summed E-state index contributed by atoms with van der Waals surface area (Å²) in [6, 6.07) is 7.11. The number of pyridine rings is 1. The van der Waals surface area contributed by atoms with E-state index in [9.17, 15) is 4.79 Å². The fourth-order valence-electron chi connectivity index (χ4n) is 2.36. The Morgan fingerprint density at radius 3 is 2.36 bits per heavy atom. The zero-order valence-electron chi connectivity index (χ0n) is 13.6. The second kappa shape index (κ2) is 5.85. The van der Waals surface area contributed by atoms with Gasteiger partial charge in [-0.3, -0.25) is 4.79 Å². The Balaban J connectivity index is 2.75. The zero-order valence-corrected chi connectivity index (χ0v) is 13.6. The van der Waals surface area contributed by atoms with Gasteiger partial charge in [0, 0.05) is 35.1 Å². The number of aryl methyl sites for hydroxylation is 1. The molecule has 1 heterocycles. The molecular formula is C17H22N2O3. The predicted octanol–water partition coefficient (Wildman–Crippen LogP) is 2.36. The average molecular weight is 302 g/mol. The molecule has 2 aromatic rings. The molecule has 0 amide bonds. The highest BCUT2D eigenvalue weighted by atomic mass is 16.5. The van der Waals surface area contributed by atoms with Crippen molar-refractivity contribution in [1.29, 1.82) is 0 Å². The third-order valence-electron chi connectivity index (χ3n) is 3.58. The van der Waals surface area contributed by atoms with Gasteiger partial charge in [-0.25, -0.2) is 0 Å². The molecule has 0 spiro atoms. The van der Waals surface area contributed by atoms with Crippen LogP contribution in [0.2, 0.25) is 0 Å². The van der Waals surface area contributed by atoms with Gasteiger partial charge < -0.3 is 19.8 Å². The van der Waals surface area contributed by atoms with E-state index in [0.717, 1.165) is 11.4 Å². The fraction of sp³-hybridized carbons (Fsp3) is 0.353. The lowest BCUT2D eigenvalue weighted by atomic mass is 9.96. The van der Waals surface area contributed by atoms with Crippen LogP contribution in [0.5, 0.6) is 11.5 Å². The number of aromatic nitrogens is 1. The summed E-state index contributed by atoms with van der Waals surface area (Å²) >= 11 is 0. The van der Waals surface area contributed by atoms with E-state index in [1.165, 1.54) is 0 Å². The van der Waals surface area contributed by atoms with Crippen molar-refractivity contribution in [3.05, 3.63) is 51.9 Å². The van der Waals surface area contributed by atoms with Crippen molar-refractivity contribution in [1.82, 2.24) is 4.57 Å². The molecule has 22 heavy (non-hydrogen) atoms. The van der Waals surface area contributed by atoms with Crippen LogP contribution in [0.15, 0.2) is 35.3 Å². The standard InChI is InChI=1S/C17H22N2O3/c1-11-8-15(20)13(17(2,3)18)10-19(11)14-9-12(21-4)6-7-16(14)22-5/h6-10H,18H2,1-5H3. The first-order valence-corrected chi connectivity index (χ1v) is 7.03. The minimum absolute atomic E-state index is 0.0666. The maximum atomic E-state index is 12.2. The number of hydrogen-bond acceptors (Lipinski definition) is 4. The molecule has 2 rings (SSSR count). The second-order valence-corrected chi connectivity index (χ2v) is 5.82. The normalized spacial score (nSPS) is 11.4. The lowest BCUT2D eigenvalue weighted by Crippen LogP contribution is -2.35. The topological polar surface area (TPSA) is 66.5 Å². The van der Waals surface area contributed by atoms with E-state index < -0.39 is 5.54 Å². The number of ether oxygens (including phenoxy) is 2. The molecule has 0 aliphatic rings. The van der Waals surface area contributed by atoms with Crippen LogP contribution in [0, 0.1) is 6.92 Å². The third-order valence-corrected chi connectivity index (χ3v) is 3.58. The highest BCUT2D eigenvalue weighted by molar-refractivity contribution is 5.52. The second-order valence-electron chi connectivity index (χ2n) is 5.82. The minimum atomic E-state index is -0.724. The van der Waals surface area contributed by atoms with Crippen molar-refractivity contribution in [2.75, 3.05) is 14.2 Å². The maximum Gasteiger partial charge on any atom is 0.186 e. The molecule has 0 aliphatic carbocycles. The lowest BCUT2D eigenvalue weighted by molar-refractivity contribution is 0.401. The van der Waals surface area contributed by atoms with Crippen LogP contribution >= 0.6 is 0 Å². The SMILES string of the molecule is COc1ccc(OC)c(-n2cc(C(C)(C)N)c(=O)cc2C)c1. The number of nitrogens with zero attached hydrogens (tertiary/aromatic N) is 1. The average Bonchev–Trinajstić information content (AvgIpc) is 2.45. The van der Waals surface area contributed by atoms with Gasteiger partial charge in [-0.15, -0.1) is 0 Å². The lowest BCUT2D eigenvalue weighted by Gasteiger charge is -2.22. The van der Waals surface area contributed by atoms with E-state index in [-0.39, 0.29) is 5.43 Å². The molecular weight excluding hydrogens is 280 g/mol. The molecule has 0 fully saturated rings. The molecule has 0 bridgehead atoms. The zero-order chi connectivity index (χ0) is 16.5. The first-order valence-electron chi connectivity index (χ1n) is 7.03. The molecule has 5 heteroatoms. The predicted molar refractivity (Wildman–Crippen MR) is 87.1 cm³/mol. The molecule has 5 nitrogen and oxygen atoms in total. The van der Waals surface area contributed by atoms with E-state index in [1.807, 2.05) is 43.5 Å². The molecule has 0 unspecified atom stereocenters. The highest BCUT2D eigenvalue weighted by Crippen LogP contribution is 2.29. The third kappa shape index (κ3) is 2.99. The smallest absolute Gasteiger partial charge is 0.186 e. The van der Waals surface area contributed by atoms with E-state index in [0.29, 0.717) is 17.1 Å². The fourth-order valence-corrected chi connectivity index (χ4v) is 2.36. The number of nitrogens with two attached hydrogens (primary N) is 1. The minimum Gasteiger partial charge on any atom is -0.497 e. The quantitative estimate of drug-likeness (QED) is 0.941. The number of rotatable bonds is 4. The van der Waals surface area contributed by atoms with Gasteiger partial charge in [0.25, 0.3) is 0 Å². The molecule has 0 saturated heterocycles. The van der Waals surface area contributed by atoms with Crippen molar-refractivity contribution < 1.29 is 9.47 Å². The molecule has 1 aromatic heterocycles. The molecule has 118 valence electrons. The highest BCUT2D eigenvalue weighted by Gasteiger charge is 2.20. The van der Waals surface area contributed by atoms with Crippen LogP contribution in [0.4, 0.5) is 0 Å². The number of methoxy groups -OCH3 is 2. The van der Waals surface area contributed by atoms with Crippen LogP contribution in [0.3, 0.4) is 0 Å². The van der Waals surface area contributed by atoms with E-state index in [1.54, 1.807) is 26.5 Å². The van der Waals surface area contributed by atoms with Gasteiger partial charge in [0.15, 0.2) is 5.43 Å². The summed E-state index contributed by atoms with van der Waals surface area (Å²) in [5.74, 6) is 1.40. The Kier molecular flexibility index (Phi) is 4.28. The van der Waals surface area contributed by atoms with Gasteiger partial charge in [-0.1, -0.05) is 0 Å². The molecule has 0 aliphatic heterocycles. The summed E-state index contributed by atoms with van der Waals surface area (Å²) in [5.41, 5.74) is 7.46. The van der Waals surface area contributed by atoms with Crippen molar-refractivity contribution in [2.24, 2.45) is 5.73 Å². The molecule has 0 saturated carbocycles. The van der Waals surface area contributed by atoms with Gasteiger partial charge in [0.05, 0.1) is 19.9 Å². The molecule has 1 aromatic carbocycles. The van der Waals surface area contributed by atoms with Gasteiger partial charge in [0.1, 0.15) is 11.5 Å². The Morgan fingerprint density at radius 1 is 1.14 bits per heavy atom. The van der Waals surface area contributed by atoms with E-state index in [2.05, 4.69) is 0 Å². The van der Waals surface area contributed by atoms with Crippen molar-refractivity contribution >= 4 is 0 Å². The van der Waals surface area contributed by atoms with E-state index in [4.69, 9.17) is 15.2 Å². The Hall–Kier alpha value is -2.27. The summed E-state index contributed by atoms with van der Waals surface area (Å²) < 4.78 is 12.6. The maximum absolute atomic E-state index is 12.2. The van der Waals surface area contributed by atoms with Crippen LogP contribution in [0.1, 0.15) is 25.1 Å². The largest absolute Gasteiger partial charge is 0.497 e. The van der Waals surface area contributed by atoms with E-state index >= 15 is 0 Å². The summed E-state index contributed by atoms with van der Waals surface area (Å²) in [6.45, 7) is 5.49. The summed E-state index contributed by atoms with van der Waals surface area (Å²) in [5, 5.41) is 0. The summed E-state index contributed by atoms with van der Waals surface area (Å²) in [7, 11) is 3.22. The summed E-state index contributed by atoms with van der Waals surface area (Å²) in [6.07, 6.45) is 1.77. The first kappa shape index (κ1) is 16.1. The van der Waals surface area contributed by atoms with Crippen molar-refractivity contribution in [3.63, 3.8) is 0 Å². The Morgan fingerprint density at radius 2 is 1.82 bits per heavy atom. The van der Waals surface area contributed by atoms with Crippen LogP contribution in [0.25, 0.3) is 5.69 Å². The van der Waals surface area contributed by atoms with Gasteiger partial charge in [-0.2, -0.15) is 0 Å². The van der Waals surface area contributed by atoms with Gasteiger partial charge in [-0.05, 0) is 32.9 Å². The molecule has 2 N–H and O–H groups in total. The number of benzene rings is 1. The number of hydrogen-bond donors (Lipinski definition) is 1. The Bertz CT molecular complexity index is 743. The molecule has 0 atom stereocenters.